The molecule has 2 aliphatic rings. The summed E-state index contributed by atoms with van der Waals surface area (Å²) in [5, 5.41) is 11.4. The Morgan fingerprint density at radius 1 is 1.09 bits per heavy atom. The Bertz CT molecular complexity index is 1950. The molecule has 0 saturated carbocycles. The normalized spacial score (nSPS) is 26.6. The number of aliphatic hydroxyl groups is 1. The second kappa shape index (κ2) is 17.2. The van der Waals surface area contributed by atoms with Crippen molar-refractivity contribution in [3.63, 3.8) is 0 Å². The molecule has 3 unspecified atom stereocenters. The number of imidazole rings is 1. The van der Waals surface area contributed by atoms with E-state index in [2.05, 4.69) is 24.5 Å². The highest BCUT2D eigenvalue weighted by molar-refractivity contribution is 8.77. The molecule has 5 heterocycles. The Hall–Kier alpha value is -2.74. The van der Waals surface area contributed by atoms with Gasteiger partial charge in [0, 0.05) is 23.1 Å². The zero-order chi connectivity index (χ0) is 39.6. The van der Waals surface area contributed by atoms with Gasteiger partial charge in [0.15, 0.2) is 23.8 Å². The summed E-state index contributed by atoms with van der Waals surface area (Å²) in [6.07, 6.45) is -6.27. The molecule has 2 fully saturated rings. The Labute approximate surface area is 314 Å². The van der Waals surface area contributed by atoms with Crippen molar-refractivity contribution < 1.29 is 61.5 Å². The van der Waals surface area contributed by atoms with E-state index >= 15 is 0 Å². The van der Waals surface area contributed by atoms with Gasteiger partial charge in [0.2, 0.25) is 0 Å². The van der Waals surface area contributed by atoms with Crippen molar-refractivity contribution in [2.24, 2.45) is 5.73 Å². The molecule has 27 heteroatoms. The van der Waals surface area contributed by atoms with Crippen molar-refractivity contribution in [3.8, 4) is 0 Å². The molecule has 0 amide bonds. The molecule has 0 aromatic carbocycles. The van der Waals surface area contributed by atoms with Gasteiger partial charge >= 0.3 is 27.3 Å². The second-order valence-electron chi connectivity index (χ2n) is 13.1. The van der Waals surface area contributed by atoms with Gasteiger partial charge in [-0.05, 0) is 12.5 Å². The van der Waals surface area contributed by atoms with Crippen LogP contribution in [-0.4, -0.2) is 115 Å². The number of nitrogens with two attached hydrogens (primary N) is 3. The number of esters is 1. The number of carbonyl (C=O) groups excluding carboxylic acids is 1. The number of carbonyl (C=O) groups is 1. The summed E-state index contributed by atoms with van der Waals surface area (Å²) in [6.45, 7) is 4.49. The van der Waals surface area contributed by atoms with Gasteiger partial charge in [0.25, 0.3) is 0 Å². The van der Waals surface area contributed by atoms with Crippen LogP contribution in [0.15, 0.2) is 29.7 Å². The number of hydrogen-bond acceptors (Lipinski definition) is 20. The number of fused-ring (bicyclic) bond motifs is 1. The van der Waals surface area contributed by atoms with Crippen LogP contribution < -0.4 is 22.9 Å². The van der Waals surface area contributed by atoms with Crippen LogP contribution in [0.1, 0.15) is 46.1 Å². The molecule has 3 aromatic rings. The Morgan fingerprint density at radius 3 is 2.50 bits per heavy atom. The smallest absolute Gasteiger partial charge is 0.455 e. The Morgan fingerprint density at radius 2 is 1.81 bits per heavy atom. The van der Waals surface area contributed by atoms with Crippen LogP contribution in [-0.2, 0) is 41.7 Å². The summed E-state index contributed by atoms with van der Waals surface area (Å²) in [6, 6.07) is 0.199. The summed E-state index contributed by atoms with van der Waals surface area (Å²) >= 11 is 0. The second-order valence-corrected chi connectivity index (χ2v) is 18.9. The van der Waals surface area contributed by atoms with Gasteiger partial charge in [-0.3, -0.25) is 27.5 Å². The van der Waals surface area contributed by atoms with Crippen molar-refractivity contribution in [1.82, 2.24) is 29.1 Å². The number of nitrogen functional groups attached to an aromatic ring is 2. The molecule has 0 radical (unpaired) electrons. The van der Waals surface area contributed by atoms with E-state index in [-0.39, 0.29) is 40.4 Å². The maximum absolute atomic E-state index is 13.4. The van der Waals surface area contributed by atoms with E-state index < -0.39 is 89.5 Å². The van der Waals surface area contributed by atoms with E-state index in [9.17, 15) is 38.5 Å². The van der Waals surface area contributed by atoms with Gasteiger partial charge in [-0.2, -0.15) is 4.98 Å². The van der Waals surface area contributed by atoms with E-state index in [1.807, 2.05) is 20.8 Å². The third-order valence-corrected chi connectivity index (χ3v) is 12.6. The fraction of sp³-hybridized carbons (Fsp3) is 0.630. The van der Waals surface area contributed by atoms with Crippen LogP contribution in [0, 0.1) is 0 Å². The first-order valence-corrected chi connectivity index (χ1v) is 21.4. The summed E-state index contributed by atoms with van der Waals surface area (Å²) in [4.78, 5) is 70.7. The molecule has 0 aliphatic carbocycles. The lowest BCUT2D eigenvalue weighted by molar-refractivity contribution is -0.158. The fourth-order valence-electron chi connectivity index (χ4n) is 5.34. The molecule has 2 saturated heterocycles. The highest BCUT2D eigenvalue weighted by Gasteiger charge is 2.50. The predicted octanol–water partition coefficient (Wildman–Crippen LogP) is 0.214. The fourth-order valence-corrected chi connectivity index (χ4v) is 9.02. The molecular weight excluding hydrogens is 800 g/mol. The Balaban J connectivity index is 1.31. The number of rotatable bonds is 16. The van der Waals surface area contributed by atoms with E-state index in [1.165, 1.54) is 40.3 Å². The predicted molar refractivity (Wildman–Crippen MR) is 192 cm³/mol. The number of phosphoric acid groups is 2. The monoisotopic (exact) mass is 841 g/mol. The summed E-state index contributed by atoms with van der Waals surface area (Å²) in [7, 11) is -7.02. The zero-order valence-electron chi connectivity index (χ0n) is 29.0. The average molecular weight is 842 g/mol. The van der Waals surface area contributed by atoms with Crippen molar-refractivity contribution in [1.29, 1.82) is 0 Å². The zero-order valence-corrected chi connectivity index (χ0v) is 32.4. The first-order chi connectivity index (χ1) is 25.2. The minimum Gasteiger partial charge on any atom is -0.455 e. The van der Waals surface area contributed by atoms with Crippen LogP contribution in [0.5, 0.6) is 0 Å². The maximum Gasteiger partial charge on any atom is 0.472 e. The van der Waals surface area contributed by atoms with Crippen LogP contribution >= 0.6 is 37.2 Å². The third-order valence-electron chi connectivity index (χ3n) is 7.77. The first kappa shape index (κ1) is 42.4. The quantitative estimate of drug-likeness (QED) is 0.0439. The number of ether oxygens (including phenoxy) is 3. The van der Waals surface area contributed by atoms with E-state index in [4.69, 9.17) is 40.5 Å². The SMILES string of the molecule is CC(C)(C)SSCC[C@H](N)C(=O)O[C@@H]1[C@@H](COP(=O)(O)O[C@H]2C[C@H](n3ccc(N)nc3=O)OC2COP(=O)(O)O)OC(n2cnc3c(N)ncnc32)[C@@H]1O. The van der Waals surface area contributed by atoms with Crippen LogP contribution in [0.2, 0.25) is 0 Å². The molecule has 0 spiro atoms. The van der Waals surface area contributed by atoms with Crippen molar-refractivity contribution in [3.05, 3.63) is 35.4 Å². The summed E-state index contributed by atoms with van der Waals surface area (Å²) in [5.41, 5.74) is 17.1. The van der Waals surface area contributed by atoms with E-state index in [1.54, 1.807) is 10.8 Å². The number of phosphoric ester groups is 2. The lowest BCUT2D eigenvalue weighted by Crippen LogP contribution is -2.43. The van der Waals surface area contributed by atoms with Crippen LogP contribution in [0.25, 0.3) is 11.2 Å². The minimum atomic E-state index is -5.13. The molecule has 2 aliphatic heterocycles. The molecule has 10 N–H and O–H groups in total. The molecule has 0 bridgehead atoms. The van der Waals surface area contributed by atoms with Gasteiger partial charge < -0.3 is 51.2 Å². The van der Waals surface area contributed by atoms with E-state index in [0.717, 1.165) is 4.57 Å². The highest BCUT2D eigenvalue weighted by atomic mass is 33.1. The third kappa shape index (κ3) is 11.0. The molecule has 3 aromatic heterocycles. The number of hydrogen-bond donors (Lipinski definition) is 7. The summed E-state index contributed by atoms with van der Waals surface area (Å²) < 4.78 is 59.5. The van der Waals surface area contributed by atoms with Crippen molar-refractivity contribution in [2.75, 3.05) is 30.4 Å². The average Bonchev–Trinajstić information content (AvgIpc) is 3.76. The topological polar surface area (TPSA) is 344 Å². The van der Waals surface area contributed by atoms with E-state index in [0.29, 0.717) is 5.75 Å². The van der Waals surface area contributed by atoms with Crippen molar-refractivity contribution in [2.45, 2.75) is 87.4 Å². The number of anilines is 2. The van der Waals surface area contributed by atoms with Gasteiger partial charge in [0.1, 0.15) is 54.3 Å². The Kier molecular flexibility index (Phi) is 13.5. The maximum atomic E-state index is 13.4. The van der Waals surface area contributed by atoms with Crippen LogP contribution in [0.3, 0.4) is 0 Å². The molecule has 300 valence electrons. The van der Waals surface area contributed by atoms with Gasteiger partial charge in [-0.15, -0.1) is 0 Å². The molecular formula is C27H41N9O14P2S2. The molecule has 54 heavy (non-hydrogen) atoms. The first-order valence-electron chi connectivity index (χ1n) is 16.1. The molecule has 9 atom stereocenters. The van der Waals surface area contributed by atoms with Gasteiger partial charge in [-0.25, -0.2) is 28.9 Å². The summed E-state index contributed by atoms with van der Waals surface area (Å²) in [5.74, 6) is -0.410. The number of nitrogens with zero attached hydrogens (tertiary/aromatic N) is 6. The van der Waals surface area contributed by atoms with Crippen LogP contribution in [0.4, 0.5) is 11.6 Å². The highest BCUT2D eigenvalue weighted by Crippen LogP contribution is 2.50. The lowest BCUT2D eigenvalue weighted by atomic mass is 10.1. The largest absolute Gasteiger partial charge is 0.472 e. The van der Waals surface area contributed by atoms with Crippen molar-refractivity contribution >= 4 is 66.0 Å². The lowest BCUT2D eigenvalue weighted by Gasteiger charge is -2.24. The number of aromatic nitrogens is 6. The number of aliphatic hydroxyl groups excluding tert-OH is 1. The van der Waals surface area contributed by atoms with Gasteiger partial charge in [-0.1, -0.05) is 42.4 Å². The standard InChI is InChI=1S/C27H41N9O14P2S2/c1-27(2,3)54-53-7-5-13(28)25(38)49-21-16(48-24(20(21)37)36-12-33-19-22(30)31-11-32-23(19)36)10-46-52(43,44)50-14-8-18(35-6-4-17(29)34-26(35)39)47-15(14)9-45-51(40,41)42/h4,6,11-16,18,20-21,24,37H,5,7-10,28H2,1-3H3,(H,43,44)(H2,29,34,39)(H2,30,31,32)(H2,40,41,42)/t13-,14-,15?,16+,18+,20+,21+,24?/m0/s1. The van der Waals surface area contributed by atoms with Gasteiger partial charge in [0.05, 0.1) is 19.5 Å². The molecule has 5 rings (SSSR count). The minimum absolute atomic E-state index is 0.0242. The molecule has 23 nitrogen and oxygen atoms in total.